The molecule has 2 aromatic carbocycles. The van der Waals surface area contributed by atoms with E-state index in [4.69, 9.17) is 20.1 Å². The van der Waals surface area contributed by atoms with Gasteiger partial charge in [0.05, 0.1) is 11.7 Å². The van der Waals surface area contributed by atoms with Crippen LogP contribution in [0, 0.1) is 0 Å². The van der Waals surface area contributed by atoms with Crippen LogP contribution in [0.4, 0.5) is 11.5 Å². The van der Waals surface area contributed by atoms with E-state index in [9.17, 15) is 4.79 Å². The predicted octanol–water partition coefficient (Wildman–Crippen LogP) is 4.64. The van der Waals surface area contributed by atoms with E-state index in [1.165, 1.54) is 25.1 Å². The Bertz CT molecular complexity index is 1670. The first-order valence-corrected chi connectivity index (χ1v) is 13.7. The number of carbonyl (C=O) groups is 1. The van der Waals surface area contributed by atoms with E-state index in [2.05, 4.69) is 32.6 Å². The minimum atomic E-state index is -0.123. The maximum Gasteiger partial charge on any atom is 0.221 e. The summed E-state index contributed by atoms with van der Waals surface area (Å²) in [6.07, 6.45) is 4.07. The Morgan fingerprint density at radius 1 is 1.20 bits per heavy atom. The Hall–Kier alpha value is -4.42. The summed E-state index contributed by atoms with van der Waals surface area (Å²) in [6.45, 7) is 3.25. The van der Waals surface area contributed by atoms with E-state index in [0.29, 0.717) is 29.7 Å². The monoisotopic (exact) mass is 556 g/mol. The summed E-state index contributed by atoms with van der Waals surface area (Å²) in [7, 11) is 2.14. The van der Waals surface area contributed by atoms with Crippen LogP contribution in [-0.2, 0) is 4.79 Å². The quantitative estimate of drug-likeness (QED) is 0.278. The predicted molar refractivity (Wildman–Crippen MR) is 153 cm³/mol. The van der Waals surface area contributed by atoms with Crippen LogP contribution in [0.1, 0.15) is 19.8 Å². The Kier molecular flexibility index (Phi) is 7.10. The molecule has 1 amide bonds. The number of hydrogen-bond acceptors (Lipinski definition) is 10. The molecule has 12 heteroatoms. The number of imidazole rings is 1. The maximum atomic E-state index is 11.5. The summed E-state index contributed by atoms with van der Waals surface area (Å²) in [5, 5.41) is 11.3. The summed E-state index contributed by atoms with van der Waals surface area (Å²) in [4.78, 5) is 24.1. The zero-order valence-electron chi connectivity index (χ0n) is 22.1. The van der Waals surface area contributed by atoms with Crippen LogP contribution in [0.15, 0.2) is 75.3 Å². The number of pyridine rings is 1. The first kappa shape index (κ1) is 25.8. The highest BCUT2D eigenvalue weighted by Gasteiger charge is 2.23. The van der Waals surface area contributed by atoms with Crippen molar-refractivity contribution in [2.45, 2.75) is 35.7 Å². The molecule has 0 saturated carbocycles. The van der Waals surface area contributed by atoms with Gasteiger partial charge in [0.2, 0.25) is 5.91 Å². The lowest BCUT2D eigenvalue weighted by Gasteiger charge is -2.19. The van der Waals surface area contributed by atoms with Gasteiger partial charge < -0.3 is 20.7 Å². The smallest absolute Gasteiger partial charge is 0.221 e. The first-order chi connectivity index (χ1) is 19.4. The van der Waals surface area contributed by atoms with E-state index >= 15 is 0 Å². The third kappa shape index (κ3) is 5.36. The number of amides is 1. The fraction of sp³-hybridized carbons (Fsp3) is 0.250. The summed E-state index contributed by atoms with van der Waals surface area (Å²) in [6, 6.07) is 17.9. The number of nitrogen functional groups attached to an aromatic ring is 1. The average molecular weight is 557 g/mol. The molecule has 1 aliphatic rings. The SMILES string of the molecule is CC(=O)Nc1cccc(Sc2cc3c(cn2)nc(-c2nonc2N)n3-c2ccc(OC[C@@H]3CCCN3C)cc2)c1. The van der Waals surface area contributed by atoms with Gasteiger partial charge in [-0.1, -0.05) is 17.8 Å². The van der Waals surface area contributed by atoms with Crippen LogP contribution in [0.5, 0.6) is 5.75 Å². The molecule has 40 heavy (non-hydrogen) atoms. The first-order valence-electron chi connectivity index (χ1n) is 12.9. The minimum Gasteiger partial charge on any atom is -0.492 e. The molecule has 11 nitrogen and oxygen atoms in total. The number of likely N-dealkylation sites (tertiary alicyclic amines) is 1. The van der Waals surface area contributed by atoms with Crippen molar-refractivity contribution in [3.05, 3.63) is 60.8 Å². The second-order valence-electron chi connectivity index (χ2n) is 9.67. The van der Waals surface area contributed by atoms with E-state index in [0.717, 1.165) is 45.5 Å². The molecule has 1 atom stereocenters. The number of nitrogens with one attached hydrogen (secondary N) is 1. The highest BCUT2D eigenvalue weighted by atomic mass is 32.2. The number of likely N-dealkylation sites (N-methyl/N-ethyl adjacent to an activating group) is 1. The van der Waals surface area contributed by atoms with Gasteiger partial charge in [-0.25, -0.2) is 14.6 Å². The molecule has 204 valence electrons. The zero-order valence-corrected chi connectivity index (χ0v) is 22.9. The number of rotatable bonds is 8. The fourth-order valence-electron chi connectivity index (χ4n) is 4.82. The standard InChI is InChI=1S/C28H28N8O3S/c1-17(37)31-18-5-3-7-22(13-18)40-25-14-24-23(15-30-25)32-28(26-27(29)34-39-33-26)36(24)19-8-10-21(11-9-19)38-16-20-6-4-12-35(20)2/h3,5,7-11,13-15,20H,4,6,12,16H2,1-2H3,(H2,29,34)(H,31,37)/t20-/m0/s1. The molecule has 3 aromatic heterocycles. The van der Waals surface area contributed by atoms with Crippen LogP contribution in [-0.4, -0.2) is 61.9 Å². The molecule has 1 saturated heterocycles. The lowest BCUT2D eigenvalue weighted by molar-refractivity contribution is -0.114. The molecule has 0 radical (unpaired) electrons. The number of benzene rings is 2. The number of fused-ring (bicyclic) bond motifs is 1. The summed E-state index contributed by atoms with van der Waals surface area (Å²) >= 11 is 1.48. The van der Waals surface area contributed by atoms with Gasteiger partial charge >= 0.3 is 0 Å². The van der Waals surface area contributed by atoms with Gasteiger partial charge in [0.15, 0.2) is 17.3 Å². The molecule has 5 aromatic rings. The average Bonchev–Trinajstić information content (AvgIpc) is 3.65. The van der Waals surface area contributed by atoms with Gasteiger partial charge in [0, 0.05) is 29.2 Å². The van der Waals surface area contributed by atoms with Crippen LogP contribution >= 0.6 is 11.8 Å². The molecular formula is C28H28N8O3S. The lowest BCUT2D eigenvalue weighted by atomic mass is 10.2. The topological polar surface area (TPSA) is 137 Å². The Balaban J connectivity index is 1.34. The van der Waals surface area contributed by atoms with Crippen molar-refractivity contribution in [1.82, 2.24) is 29.7 Å². The third-order valence-corrected chi connectivity index (χ3v) is 7.75. The summed E-state index contributed by atoms with van der Waals surface area (Å²) in [5.41, 5.74) is 9.46. The Labute approximate surface area is 234 Å². The minimum absolute atomic E-state index is 0.123. The summed E-state index contributed by atoms with van der Waals surface area (Å²) < 4.78 is 12.9. The number of ether oxygens (including phenoxy) is 1. The van der Waals surface area contributed by atoms with Gasteiger partial charge in [-0.05, 0) is 85.3 Å². The maximum absolute atomic E-state index is 11.5. The summed E-state index contributed by atoms with van der Waals surface area (Å²) in [5.74, 6) is 1.32. The molecule has 3 N–H and O–H groups in total. The van der Waals surface area contributed by atoms with Gasteiger partial charge in [-0.3, -0.25) is 9.36 Å². The largest absolute Gasteiger partial charge is 0.492 e. The van der Waals surface area contributed by atoms with E-state index in [-0.39, 0.29) is 11.7 Å². The lowest BCUT2D eigenvalue weighted by Crippen LogP contribution is -2.30. The van der Waals surface area contributed by atoms with Crippen LogP contribution in [0.2, 0.25) is 0 Å². The second-order valence-corrected chi connectivity index (χ2v) is 10.8. The highest BCUT2D eigenvalue weighted by Crippen LogP contribution is 2.34. The van der Waals surface area contributed by atoms with Crippen molar-refractivity contribution >= 4 is 40.2 Å². The van der Waals surface area contributed by atoms with E-state index < -0.39 is 0 Å². The molecule has 1 fully saturated rings. The van der Waals surface area contributed by atoms with Gasteiger partial charge in [-0.15, -0.1) is 0 Å². The molecule has 1 aliphatic heterocycles. The van der Waals surface area contributed by atoms with Crippen molar-refractivity contribution in [3.8, 4) is 23.0 Å². The number of aromatic nitrogens is 5. The normalized spacial score (nSPS) is 15.5. The molecule has 0 bridgehead atoms. The Morgan fingerprint density at radius 3 is 2.77 bits per heavy atom. The van der Waals surface area contributed by atoms with Gasteiger partial charge in [-0.2, -0.15) is 0 Å². The van der Waals surface area contributed by atoms with Gasteiger partial charge in [0.25, 0.3) is 0 Å². The van der Waals surface area contributed by atoms with E-state index in [1.807, 2.05) is 59.2 Å². The molecule has 0 aliphatic carbocycles. The molecule has 0 unspecified atom stereocenters. The van der Waals surface area contributed by atoms with Gasteiger partial charge in [0.1, 0.15) is 22.9 Å². The van der Waals surface area contributed by atoms with Crippen molar-refractivity contribution < 1.29 is 14.2 Å². The second kappa shape index (κ2) is 11.0. The number of nitrogens with zero attached hydrogens (tertiary/aromatic N) is 6. The fourth-order valence-corrected chi connectivity index (χ4v) is 5.67. The van der Waals surface area contributed by atoms with Crippen LogP contribution in [0.25, 0.3) is 28.2 Å². The van der Waals surface area contributed by atoms with Crippen molar-refractivity contribution in [3.63, 3.8) is 0 Å². The van der Waals surface area contributed by atoms with Crippen molar-refractivity contribution in [1.29, 1.82) is 0 Å². The number of hydrogen-bond donors (Lipinski definition) is 2. The molecule has 6 rings (SSSR count). The van der Waals surface area contributed by atoms with Crippen molar-refractivity contribution in [2.24, 2.45) is 0 Å². The highest BCUT2D eigenvalue weighted by molar-refractivity contribution is 7.99. The molecular weight excluding hydrogens is 528 g/mol. The number of carbonyl (C=O) groups excluding carboxylic acids is 1. The number of anilines is 2. The molecule has 0 spiro atoms. The third-order valence-electron chi connectivity index (χ3n) is 6.83. The van der Waals surface area contributed by atoms with E-state index in [1.54, 1.807) is 6.20 Å². The Morgan fingerprint density at radius 2 is 2.05 bits per heavy atom. The zero-order chi connectivity index (χ0) is 27.6. The van der Waals surface area contributed by atoms with Crippen molar-refractivity contribution in [2.75, 3.05) is 31.2 Å². The molecule has 4 heterocycles. The van der Waals surface area contributed by atoms with Crippen LogP contribution in [0.3, 0.4) is 0 Å². The number of nitrogens with two attached hydrogens (primary N) is 1. The van der Waals surface area contributed by atoms with Crippen LogP contribution < -0.4 is 15.8 Å².